The van der Waals surface area contributed by atoms with Crippen LogP contribution >= 0.6 is 0 Å². The Morgan fingerprint density at radius 2 is 1.65 bits per heavy atom. The predicted octanol–water partition coefficient (Wildman–Crippen LogP) is 3.35. The highest BCUT2D eigenvalue weighted by molar-refractivity contribution is 5.80. The van der Waals surface area contributed by atoms with Crippen molar-refractivity contribution < 1.29 is 14.3 Å². The van der Waals surface area contributed by atoms with Crippen molar-refractivity contribution in [2.75, 3.05) is 6.61 Å². The summed E-state index contributed by atoms with van der Waals surface area (Å²) in [5, 5.41) is 2.89. The Hall–Kier alpha value is -2.49. The van der Waals surface area contributed by atoms with E-state index in [1.165, 1.54) is 5.56 Å². The summed E-state index contributed by atoms with van der Waals surface area (Å²) in [7, 11) is 0. The lowest BCUT2D eigenvalue weighted by molar-refractivity contribution is -0.128. The maximum absolute atomic E-state index is 12.1. The highest BCUT2D eigenvalue weighted by atomic mass is 16.5. The van der Waals surface area contributed by atoms with Crippen molar-refractivity contribution in [1.82, 2.24) is 5.32 Å². The molecule has 0 spiro atoms. The third-order valence-electron chi connectivity index (χ3n) is 3.33. The van der Waals surface area contributed by atoms with Crippen LogP contribution in [0.3, 0.4) is 0 Å². The SMILES string of the molecule is Cc1ccc(OC[C@@H](C)NC(=O)[C@H](C)Oc2ccccc2)cc1. The minimum Gasteiger partial charge on any atom is -0.491 e. The van der Waals surface area contributed by atoms with E-state index in [0.717, 1.165) is 5.75 Å². The molecule has 2 aromatic rings. The number of ether oxygens (including phenoxy) is 2. The Morgan fingerprint density at radius 1 is 1.00 bits per heavy atom. The highest BCUT2D eigenvalue weighted by Crippen LogP contribution is 2.12. The Labute approximate surface area is 137 Å². The van der Waals surface area contributed by atoms with Crippen LogP contribution in [0.4, 0.5) is 0 Å². The summed E-state index contributed by atoms with van der Waals surface area (Å²) in [6.07, 6.45) is -0.556. The number of hydrogen-bond acceptors (Lipinski definition) is 3. The molecule has 0 heterocycles. The molecule has 0 aromatic heterocycles. The van der Waals surface area contributed by atoms with Gasteiger partial charge in [-0.3, -0.25) is 4.79 Å². The molecule has 0 fully saturated rings. The number of benzene rings is 2. The van der Waals surface area contributed by atoms with Crippen molar-refractivity contribution >= 4 is 5.91 Å². The average molecular weight is 313 g/mol. The molecule has 0 saturated heterocycles. The number of nitrogens with one attached hydrogen (secondary N) is 1. The van der Waals surface area contributed by atoms with Gasteiger partial charge >= 0.3 is 0 Å². The molecular formula is C19H23NO3. The van der Waals surface area contributed by atoms with Gasteiger partial charge in [0.25, 0.3) is 5.91 Å². The summed E-state index contributed by atoms with van der Waals surface area (Å²) in [6, 6.07) is 17.0. The van der Waals surface area contributed by atoms with E-state index >= 15 is 0 Å². The molecule has 4 nitrogen and oxygen atoms in total. The maximum atomic E-state index is 12.1. The van der Waals surface area contributed by atoms with Gasteiger partial charge in [-0.15, -0.1) is 0 Å². The van der Waals surface area contributed by atoms with Gasteiger partial charge in [0, 0.05) is 0 Å². The lowest BCUT2D eigenvalue weighted by Gasteiger charge is -2.19. The van der Waals surface area contributed by atoms with Crippen LogP contribution in [0, 0.1) is 6.92 Å². The van der Waals surface area contributed by atoms with E-state index in [1.54, 1.807) is 6.92 Å². The Kier molecular flexibility index (Phi) is 6.03. The van der Waals surface area contributed by atoms with Crippen LogP contribution in [0.5, 0.6) is 11.5 Å². The Morgan fingerprint density at radius 3 is 2.30 bits per heavy atom. The summed E-state index contributed by atoms with van der Waals surface area (Å²) in [5.74, 6) is 1.32. The van der Waals surface area contributed by atoms with Gasteiger partial charge in [-0.2, -0.15) is 0 Å². The van der Waals surface area contributed by atoms with Gasteiger partial charge in [-0.1, -0.05) is 35.9 Å². The van der Waals surface area contributed by atoms with Crippen molar-refractivity contribution in [3.05, 3.63) is 60.2 Å². The summed E-state index contributed by atoms with van der Waals surface area (Å²) >= 11 is 0. The highest BCUT2D eigenvalue weighted by Gasteiger charge is 2.17. The summed E-state index contributed by atoms with van der Waals surface area (Å²) in [5.41, 5.74) is 1.19. The third-order valence-corrected chi connectivity index (χ3v) is 3.33. The van der Waals surface area contributed by atoms with Crippen molar-refractivity contribution in [2.45, 2.75) is 32.9 Å². The molecule has 0 unspecified atom stereocenters. The van der Waals surface area contributed by atoms with Crippen molar-refractivity contribution in [1.29, 1.82) is 0 Å². The summed E-state index contributed by atoms with van der Waals surface area (Å²) < 4.78 is 11.3. The topological polar surface area (TPSA) is 47.6 Å². The van der Waals surface area contributed by atoms with Gasteiger partial charge in [0.2, 0.25) is 0 Å². The molecule has 1 N–H and O–H groups in total. The van der Waals surface area contributed by atoms with Crippen LogP contribution in [0.1, 0.15) is 19.4 Å². The number of carbonyl (C=O) groups is 1. The Bertz CT molecular complexity index is 610. The van der Waals surface area contributed by atoms with Crippen LogP contribution < -0.4 is 14.8 Å². The first-order valence-corrected chi connectivity index (χ1v) is 7.76. The molecule has 1 amide bonds. The fourth-order valence-electron chi connectivity index (χ4n) is 2.01. The van der Waals surface area contributed by atoms with Crippen LogP contribution in [0.2, 0.25) is 0 Å². The van der Waals surface area contributed by atoms with Crippen molar-refractivity contribution in [3.63, 3.8) is 0 Å². The molecule has 0 bridgehead atoms. The van der Waals surface area contributed by atoms with E-state index < -0.39 is 6.10 Å². The van der Waals surface area contributed by atoms with Gasteiger partial charge in [-0.05, 0) is 45.0 Å². The maximum Gasteiger partial charge on any atom is 0.261 e. The van der Waals surface area contributed by atoms with Gasteiger partial charge in [0.1, 0.15) is 18.1 Å². The van der Waals surface area contributed by atoms with Crippen LogP contribution in [0.15, 0.2) is 54.6 Å². The second kappa shape index (κ2) is 8.22. The second-order valence-corrected chi connectivity index (χ2v) is 5.61. The normalized spacial score (nSPS) is 13.0. The third kappa shape index (κ3) is 5.66. The molecule has 0 aliphatic carbocycles. The number of hydrogen-bond donors (Lipinski definition) is 1. The molecular weight excluding hydrogens is 290 g/mol. The average Bonchev–Trinajstić information content (AvgIpc) is 2.55. The predicted molar refractivity (Wildman–Crippen MR) is 90.8 cm³/mol. The Balaban J connectivity index is 1.76. The van der Waals surface area contributed by atoms with E-state index in [4.69, 9.17) is 9.47 Å². The van der Waals surface area contributed by atoms with Crippen LogP contribution in [0.25, 0.3) is 0 Å². The minimum absolute atomic E-state index is 0.106. The quantitative estimate of drug-likeness (QED) is 0.853. The fraction of sp³-hybridized carbons (Fsp3) is 0.316. The van der Waals surface area contributed by atoms with Crippen molar-refractivity contribution in [3.8, 4) is 11.5 Å². The second-order valence-electron chi connectivity index (χ2n) is 5.61. The first-order chi connectivity index (χ1) is 11.0. The van der Waals surface area contributed by atoms with E-state index in [2.05, 4.69) is 5.32 Å². The first-order valence-electron chi connectivity index (χ1n) is 7.76. The standard InChI is InChI=1S/C19H23NO3/c1-14-9-11-17(12-10-14)22-13-15(2)20-19(21)16(3)23-18-7-5-4-6-8-18/h4-12,15-16H,13H2,1-3H3,(H,20,21)/t15-,16+/m1/s1. The molecule has 0 radical (unpaired) electrons. The molecule has 2 rings (SSSR count). The fourth-order valence-corrected chi connectivity index (χ4v) is 2.01. The van der Waals surface area contributed by atoms with Crippen molar-refractivity contribution in [2.24, 2.45) is 0 Å². The minimum atomic E-state index is -0.556. The van der Waals surface area contributed by atoms with Gasteiger partial charge < -0.3 is 14.8 Å². The number of para-hydroxylation sites is 1. The molecule has 4 heteroatoms. The number of amides is 1. The molecule has 2 atom stereocenters. The lowest BCUT2D eigenvalue weighted by Crippen LogP contribution is -2.43. The number of carbonyl (C=O) groups excluding carboxylic acids is 1. The van der Waals surface area contributed by atoms with Gasteiger partial charge in [0.15, 0.2) is 6.10 Å². The summed E-state index contributed by atoms with van der Waals surface area (Å²) in [4.78, 5) is 12.1. The van der Waals surface area contributed by atoms with E-state index in [0.29, 0.717) is 12.4 Å². The zero-order valence-electron chi connectivity index (χ0n) is 13.8. The first kappa shape index (κ1) is 16.9. The molecule has 23 heavy (non-hydrogen) atoms. The molecule has 2 aromatic carbocycles. The van der Waals surface area contributed by atoms with Crippen LogP contribution in [-0.4, -0.2) is 24.7 Å². The molecule has 122 valence electrons. The molecule has 0 saturated carbocycles. The monoisotopic (exact) mass is 313 g/mol. The molecule has 0 aliphatic rings. The number of aryl methyl sites for hydroxylation is 1. The van der Waals surface area contributed by atoms with Crippen LogP contribution in [-0.2, 0) is 4.79 Å². The largest absolute Gasteiger partial charge is 0.491 e. The van der Waals surface area contributed by atoms with E-state index in [1.807, 2.05) is 68.4 Å². The number of rotatable bonds is 7. The van der Waals surface area contributed by atoms with Gasteiger partial charge in [-0.25, -0.2) is 0 Å². The lowest BCUT2D eigenvalue weighted by atomic mass is 10.2. The zero-order valence-corrected chi connectivity index (χ0v) is 13.8. The zero-order chi connectivity index (χ0) is 16.7. The van der Waals surface area contributed by atoms with Gasteiger partial charge in [0.05, 0.1) is 6.04 Å². The van der Waals surface area contributed by atoms with E-state index in [9.17, 15) is 4.79 Å². The van der Waals surface area contributed by atoms with E-state index in [-0.39, 0.29) is 11.9 Å². The smallest absolute Gasteiger partial charge is 0.261 e. The summed E-state index contributed by atoms with van der Waals surface area (Å²) in [6.45, 7) is 6.07. The molecule has 0 aliphatic heterocycles.